The second-order valence-corrected chi connectivity index (χ2v) is 8.93. The Balaban J connectivity index is 2.00. The number of carbonyl (C=O) groups excluding carboxylic acids is 1. The van der Waals surface area contributed by atoms with Crippen molar-refractivity contribution in [2.75, 3.05) is 4.90 Å². The molecular weight excluding hydrogens is 390 g/mol. The molecule has 7 heteroatoms. The third-order valence-corrected chi connectivity index (χ3v) is 6.38. The van der Waals surface area contributed by atoms with Crippen LogP contribution in [0.25, 0.3) is 10.4 Å². The summed E-state index contributed by atoms with van der Waals surface area (Å²) in [5.41, 5.74) is 1.35. The smallest absolute Gasteiger partial charge is 0.449 e. The average Bonchev–Trinajstić information content (AvgIpc) is 3.05. The maximum Gasteiger partial charge on any atom is 0.512 e. The number of carbonyl (C=O) groups is 2. The molecule has 1 heterocycles. The fraction of sp³-hybridized carbons (Fsp3) is 0.455. The molecule has 29 heavy (non-hydrogen) atoms. The SMILES string of the molecule is CC(C)N(C(=O)[C@H]1CC[C@H](C)C[C@H]1O)c1cc(-c2ccccc2)sc1OC(=O)O. The number of ether oxygens (including phenoxy) is 1. The van der Waals surface area contributed by atoms with Crippen LogP contribution in [0.5, 0.6) is 5.06 Å². The largest absolute Gasteiger partial charge is 0.512 e. The molecule has 0 saturated heterocycles. The van der Waals surface area contributed by atoms with E-state index >= 15 is 0 Å². The van der Waals surface area contributed by atoms with Crippen LogP contribution >= 0.6 is 11.3 Å². The maximum atomic E-state index is 13.4. The van der Waals surface area contributed by atoms with E-state index in [0.717, 1.165) is 16.9 Å². The van der Waals surface area contributed by atoms with Crippen LogP contribution in [0.3, 0.4) is 0 Å². The summed E-state index contributed by atoms with van der Waals surface area (Å²) in [6.45, 7) is 5.83. The quantitative estimate of drug-likeness (QED) is 0.668. The fourth-order valence-corrected chi connectivity index (χ4v) is 4.90. The number of thiophene rings is 1. The van der Waals surface area contributed by atoms with Gasteiger partial charge in [-0.2, -0.15) is 0 Å². The number of anilines is 1. The average molecular weight is 418 g/mol. The number of carboxylic acid groups (broad SMARTS) is 1. The van der Waals surface area contributed by atoms with E-state index in [1.165, 1.54) is 11.3 Å². The van der Waals surface area contributed by atoms with E-state index in [1.807, 2.05) is 44.2 Å². The summed E-state index contributed by atoms with van der Waals surface area (Å²) in [6.07, 6.45) is -0.00919. The standard InChI is InChI=1S/C22H27NO5S/c1-13(2)23(20(25)16-10-9-14(3)11-18(16)24)17-12-19(15-7-5-4-6-8-15)29-21(17)28-22(26)27/h4-8,12-14,16,18,24H,9-11H2,1-3H3,(H,26,27)/t14-,16-,18+/m0/s1. The maximum absolute atomic E-state index is 13.4. The van der Waals surface area contributed by atoms with Crippen molar-refractivity contribution in [1.82, 2.24) is 0 Å². The third kappa shape index (κ3) is 4.79. The van der Waals surface area contributed by atoms with Crippen LogP contribution in [-0.4, -0.2) is 34.4 Å². The second-order valence-electron chi connectivity index (χ2n) is 7.91. The van der Waals surface area contributed by atoms with Gasteiger partial charge in [0.1, 0.15) is 0 Å². The fourth-order valence-electron chi connectivity index (χ4n) is 3.90. The van der Waals surface area contributed by atoms with Gasteiger partial charge in [0.05, 0.1) is 17.7 Å². The minimum atomic E-state index is -1.42. The van der Waals surface area contributed by atoms with Crippen molar-refractivity contribution in [2.24, 2.45) is 11.8 Å². The molecule has 0 aliphatic heterocycles. The van der Waals surface area contributed by atoms with Gasteiger partial charge in [0.15, 0.2) is 0 Å². The van der Waals surface area contributed by atoms with E-state index < -0.39 is 18.2 Å². The summed E-state index contributed by atoms with van der Waals surface area (Å²) in [5, 5.41) is 19.9. The Morgan fingerprint density at radius 2 is 1.90 bits per heavy atom. The van der Waals surface area contributed by atoms with Crippen molar-refractivity contribution in [1.29, 1.82) is 0 Å². The zero-order valence-corrected chi connectivity index (χ0v) is 17.7. The molecule has 0 unspecified atom stereocenters. The van der Waals surface area contributed by atoms with Gasteiger partial charge < -0.3 is 19.8 Å². The molecule has 0 radical (unpaired) electrons. The van der Waals surface area contributed by atoms with Gasteiger partial charge in [0.2, 0.25) is 11.0 Å². The summed E-state index contributed by atoms with van der Waals surface area (Å²) >= 11 is 1.19. The van der Waals surface area contributed by atoms with E-state index in [-0.39, 0.29) is 17.0 Å². The zero-order chi connectivity index (χ0) is 21.1. The lowest BCUT2D eigenvalue weighted by Crippen LogP contribution is -2.46. The van der Waals surface area contributed by atoms with Crippen LogP contribution in [0.4, 0.5) is 10.5 Å². The highest BCUT2D eigenvalue weighted by atomic mass is 32.1. The summed E-state index contributed by atoms with van der Waals surface area (Å²) < 4.78 is 5.04. The number of hydrogen-bond acceptors (Lipinski definition) is 5. The van der Waals surface area contributed by atoms with Gasteiger partial charge in [-0.1, -0.05) is 48.6 Å². The summed E-state index contributed by atoms with van der Waals surface area (Å²) in [5.74, 6) is -0.295. The predicted molar refractivity (Wildman–Crippen MR) is 114 cm³/mol. The Labute approximate surface area is 174 Å². The van der Waals surface area contributed by atoms with Crippen LogP contribution in [0.1, 0.15) is 40.0 Å². The van der Waals surface area contributed by atoms with Gasteiger partial charge in [-0.15, -0.1) is 0 Å². The number of aliphatic hydroxyl groups excluding tert-OH is 1. The van der Waals surface area contributed by atoms with E-state index in [1.54, 1.807) is 11.0 Å². The molecule has 2 N–H and O–H groups in total. The van der Waals surface area contributed by atoms with Crippen LogP contribution in [-0.2, 0) is 4.79 Å². The minimum absolute atomic E-state index is 0.164. The number of rotatable bonds is 5. The molecule has 1 aromatic heterocycles. The van der Waals surface area contributed by atoms with Gasteiger partial charge in [-0.3, -0.25) is 4.79 Å². The lowest BCUT2D eigenvalue weighted by molar-refractivity contribution is -0.128. The number of aliphatic hydroxyl groups is 1. The van der Waals surface area contributed by atoms with E-state index in [4.69, 9.17) is 4.74 Å². The summed E-state index contributed by atoms with van der Waals surface area (Å²) in [6, 6.07) is 11.1. The van der Waals surface area contributed by atoms with E-state index in [0.29, 0.717) is 24.4 Å². The van der Waals surface area contributed by atoms with Crippen molar-refractivity contribution < 1.29 is 24.5 Å². The van der Waals surface area contributed by atoms with Crippen LogP contribution < -0.4 is 9.64 Å². The first-order chi connectivity index (χ1) is 13.8. The summed E-state index contributed by atoms with van der Waals surface area (Å²) in [4.78, 5) is 27.1. The molecule has 6 nitrogen and oxygen atoms in total. The third-order valence-electron chi connectivity index (χ3n) is 5.33. The normalized spacial score (nSPS) is 21.8. The van der Waals surface area contributed by atoms with Gasteiger partial charge in [0.25, 0.3) is 0 Å². The van der Waals surface area contributed by atoms with Crippen LogP contribution in [0.2, 0.25) is 0 Å². The summed E-state index contributed by atoms with van der Waals surface area (Å²) in [7, 11) is 0. The van der Waals surface area contributed by atoms with Crippen LogP contribution in [0, 0.1) is 11.8 Å². The molecule has 3 rings (SSSR count). The predicted octanol–water partition coefficient (Wildman–Crippen LogP) is 5.01. The van der Waals surface area contributed by atoms with E-state index in [9.17, 15) is 19.8 Å². The van der Waals surface area contributed by atoms with Crippen molar-refractivity contribution in [2.45, 2.75) is 52.2 Å². The highest BCUT2D eigenvalue weighted by Gasteiger charge is 2.37. The highest BCUT2D eigenvalue weighted by molar-refractivity contribution is 7.18. The first-order valence-electron chi connectivity index (χ1n) is 9.89. The Morgan fingerprint density at radius 1 is 1.21 bits per heavy atom. The molecule has 156 valence electrons. The Kier molecular flexibility index (Phi) is 6.59. The molecule has 1 saturated carbocycles. The molecule has 1 aromatic carbocycles. The Hall–Kier alpha value is -2.38. The number of nitrogens with zero attached hydrogens (tertiary/aromatic N) is 1. The molecule has 0 spiro atoms. The lowest BCUT2D eigenvalue weighted by atomic mass is 9.80. The second kappa shape index (κ2) is 8.97. The molecular formula is C22H27NO5S. The minimum Gasteiger partial charge on any atom is -0.449 e. The van der Waals surface area contributed by atoms with Gasteiger partial charge >= 0.3 is 6.16 Å². The Bertz CT molecular complexity index is 863. The number of amides is 1. The van der Waals surface area contributed by atoms with Crippen molar-refractivity contribution in [3.05, 3.63) is 36.4 Å². The molecule has 0 bridgehead atoms. The molecule has 3 atom stereocenters. The van der Waals surface area contributed by atoms with E-state index in [2.05, 4.69) is 6.92 Å². The monoisotopic (exact) mass is 417 g/mol. The number of hydrogen-bond donors (Lipinski definition) is 2. The van der Waals surface area contributed by atoms with Crippen molar-refractivity contribution >= 4 is 29.1 Å². The van der Waals surface area contributed by atoms with Gasteiger partial charge in [-0.05, 0) is 50.7 Å². The lowest BCUT2D eigenvalue weighted by Gasteiger charge is -2.36. The topological polar surface area (TPSA) is 87.1 Å². The highest BCUT2D eigenvalue weighted by Crippen LogP contribution is 2.44. The van der Waals surface area contributed by atoms with Gasteiger partial charge in [-0.25, -0.2) is 4.79 Å². The molecule has 1 fully saturated rings. The van der Waals surface area contributed by atoms with Gasteiger partial charge in [0, 0.05) is 10.9 Å². The Morgan fingerprint density at radius 3 is 2.48 bits per heavy atom. The van der Waals surface area contributed by atoms with Crippen LogP contribution in [0.15, 0.2) is 36.4 Å². The zero-order valence-electron chi connectivity index (χ0n) is 16.9. The van der Waals surface area contributed by atoms with Crippen molar-refractivity contribution in [3.8, 4) is 15.5 Å². The van der Waals surface area contributed by atoms with Crippen molar-refractivity contribution in [3.63, 3.8) is 0 Å². The molecule has 1 aliphatic carbocycles. The number of benzene rings is 1. The molecule has 1 amide bonds. The molecule has 2 aromatic rings. The first kappa shape index (κ1) is 21.3. The first-order valence-corrected chi connectivity index (χ1v) is 10.7. The molecule has 1 aliphatic rings.